The fourth-order valence-electron chi connectivity index (χ4n) is 5.14. The summed E-state index contributed by atoms with van der Waals surface area (Å²) in [5.41, 5.74) is 2.93. The molecule has 0 radical (unpaired) electrons. The number of hydrogen-bond donors (Lipinski definition) is 1. The van der Waals surface area contributed by atoms with Crippen LogP contribution in [0.25, 0.3) is 4.85 Å². The van der Waals surface area contributed by atoms with Gasteiger partial charge in [-0.15, -0.1) is 0 Å². The number of fused-ring (bicyclic) bond motifs is 1. The molecule has 2 saturated heterocycles. The number of benzene rings is 2. The highest BCUT2D eigenvalue weighted by atomic mass is 19.1. The average molecular weight is 492 g/mol. The molecule has 36 heavy (non-hydrogen) atoms. The zero-order valence-electron chi connectivity index (χ0n) is 19.9. The number of methoxy groups -OCH3 is 1. The predicted molar refractivity (Wildman–Crippen MR) is 129 cm³/mol. The first-order valence-electron chi connectivity index (χ1n) is 11.9. The van der Waals surface area contributed by atoms with E-state index in [2.05, 4.69) is 15.1 Å². The fraction of sp³-hybridized carbons (Fsp3) is 0.385. The number of hydrogen-bond acceptors (Lipinski definition) is 6. The van der Waals surface area contributed by atoms with E-state index in [0.717, 1.165) is 5.56 Å². The molecule has 1 unspecified atom stereocenters. The van der Waals surface area contributed by atoms with Crippen LogP contribution < -0.4 is 15.0 Å². The second-order valence-electron chi connectivity index (χ2n) is 9.23. The second kappa shape index (κ2) is 9.59. The van der Waals surface area contributed by atoms with Gasteiger partial charge in [-0.2, -0.15) is 0 Å². The van der Waals surface area contributed by atoms with E-state index in [1.54, 1.807) is 25.3 Å². The van der Waals surface area contributed by atoms with Crippen LogP contribution in [0.3, 0.4) is 0 Å². The number of carbonyl (C=O) groups excluding carboxylic acids is 3. The Morgan fingerprint density at radius 1 is 1.14 bits per heavy atom. The van der Waals surface area contributed by atoms with Crippen molar-refractivity contribution < 1.29 is 23.5 Å². The molecule has 3 aliphatic heterocycles. The van der Waals surface area contributed by atoms with E-state index in [0.29, 0.717) is 55.4 Å². The molecule has 1 N–H and O–H groups in total. The van der Waals surface area contributed by atoms with Crippen molar-refractivity contribution in [3.63, 3.8) is 0 Å². The number of carbonyl (C=O) groups is 3. The van der Waals surface area contributed by atoms with Crippen LogP contribution in [0.15, 0.2) is 30.3 Å². The first kappa shape index (κ1) is 23.8. The molecule has 9 nitrogen and oxygen atoms in total. The van der Waals surface area contributed by atoms with Crippen molar-refractivity contribution in [3.8, 4) is 5.75 Å². The Labute approximate surface area is 208 Å². The second-order valence-corrected chi connectivity index (χ2v) is 9.23. The topological polar surface area (TPSA) is 86.5 Å². The summed E-state index contributed by atoms with van der Waals surface area (Å²) in [4.78, 5) is 45.8. The molecular formula is C26H26FN5O4. The van der Waals surface area contributed by atoms with E-state index in [4.69, 9.17) is 11.3 Å². The van der Waals surface area contributed by atoms with Crippen molar-refractivity contribution >= 4 is 29.1 Å². The summed E-state index contributed by atoms with van der Waals surface area (Å²) in [5.74, 6) is -0.984. The van der Waals surface area contributed by atoms with Crippen molar-refractivity contribution in [3.05, 3.63) is 64.3 Å². The predicted octanol–water partition coefficient (Wildman–Crippen LogP) is 2.47. The number of piperazine rings is 1. The van der Waals surface area contributed by atoms with Crippen molar-refractivity contribution in [2.45, 2.75) is 32.0 Å². The number of halogens is 1. The van der Waals surface area contributed by atoms with Gasteiger partial charge in [0.05, 0.1) is 19.4 Å². The Hall–Kier alpha value is -3.97. The van der Waals surface area contributed by atoms with Gasteiger partial charge in [-0.25, -0.2) is 9.24 Å². The first-order valence-corrected chi connectivity index (χ1v) is 11.9. The lowest BCUT2D eigenvalue weighted by Crippen LogP contribution is -2.52. The Morgan fingerprint density at radius 2 is 1.92 bits per heavy atom. The first-order chi connectivity index (χ1) is 17.4. The number of ether oxygens (including phenoxy) is 1. The van der Waals surface area contributed by atoms with Crippen molar-refractivity contribution in [2.24, 2.45) is 0 Å². The van der Waals surface area contributed by atoms with Crippen molar-refractivity contribution in [1.82, 2.24) is 15.1 Å². The Bertz CT molecular complexity index is 1280. The van der Waals surface area contributed by atoms with Crippen molar-refractivity contribution in [2.75, 3.05) is 38.2 Å². The normalized spacial score (nSPS) is 20.2. The third kappa shape index (κ3) is 4.38. The molecule has 3 amide bonds. The minimum atomic E-state index is -0.724. The lowest BCUT2D eigenvalue weighted by Gasteiger charge is -2.36. The summed E-state index contributed by atoms with van der Waals surface area (Å²) in [6, 6.07) is 7.69. The highest BCUT2D eigenvalue weighted by Gasteiger charge is 2.40. The molecule has 2 aromatic carbocycles. The average Bonchev–Trinajstić information content (AvgIpc) is 3.19. The number of nitrogens with zero attached hydrogens (tertiary/aromatic N) is 4. The molecule has 0 spiro atoms. The minimum Gasteiger partial charge on any atom is -0.498 e. The van der Waals surface area contributed by atoms with Gasteiger partial charge >= 0.3 is 0 Å². The molecule has 0 aliphatic carbocycles. The van der Waals surface area contributed by atoms with Gasteiger partial charge in [-0.3, -0.25) is 24.6 Å². The molecule has 5 rings (SSSR count). The van der Waals surface area contributed by atoms with Crippen LogP contribution >= 0.6 is 0 Å². The molecule has 186 valence electrons. The monoisotopic (exact) mass is 491 g/mol. The van der Waals surface area contributed by atoms with E-state index >= 15 is 4.39 Å². The molecule has 2 aromatic rings. The van der Waals surface area contributed by atoms with Crippen LogP contribution in [-0.4, -0.2) is 66.9 Å². The summed E-state index contributed by atoms with van der Waals surface area (Å²) < 4.78 is 20.6. The molecule has 2 fully saturated rings. The number of nitrogens with one attached hydrogen (secondary N) is 1. The number of imide groups is 1. The molecule has 0 aromatic heterocycles. The molecular weight excluding hydrogens is 465 g/mol. The van der Waals surface area contributed by atoms with Crippen molar-refractivity contribution in [1.29, 1.82) is 0 Å². The molecule has 1 atom stereocenters. The van der Waals surface area contributed by atoms with Gasteiger partial charge in [0.15, 0.2) is 5.69 Å². The lowest BCUT2D eigenvalue weighted by atomic mass is 10.0. The lowest BCUT2D eigenvalue weighted by molar-refractivity contribution is -0.136. The van der Waals surface area contributed by atoms with Crippen LogP contribution in [0.2, 0.25) is 0 Å². The van der Waals surface area contributed by atoms with Crippen LogP contribution in [0.4, 0.5) is 15.8 Å². The third-order valence-electron chi connectivity index (χ3n) is 7.10. The maximum absolute atomic E-state index is 15.1. The van der Waals surface area contributed by atoms with Gasteiger partial charge in [0.25, 0.3) is 5.91 Å². The Balaban J connectivity index is 1.26. The standard InChI is InChI=1S/C26H26FN5O4/c1-28-18-4-3-16(23(12-18)36-2)14-30-7-9-31(10-8-30)22-11-17-15-32(26(35)19(17)13-20(22)27)21-5-6-24(33)29-25(21)34/h3-4,11-13,21H,5-10,14-15H2,2H3,(H,29,33,34). The smallest absolute Gasteiger partial charge is 0.255 e. The van der Waals surface area contributed by atoms with E-state index in [-0.39, 0.29) is 36.8 Å². The maximum atomic E-state index is 15.1. The van der Waals surface area contributed by atoms with E-state index in [1.807, 2.05) is 11.0 Å². The van der Waals surface area contributed by atoms with Crippen LogP contribution in [-0.2, 0) is 22.7 Å². The van der Waals surface area contributed by atoms with Gasteiger partial charge in [0.2, 0.25) is 11.8 Å². The summed E-state index contributed by atoms with van der Waals surface area (Å²) in [7, 11) is 1.59. The van der Waals surface area contributed by atoms with Crippen LogP contribution in [0.5, 0.6) is 5.75 Å². The maximum Gasteiger partial charge on any atom is 0.255 e. The third-order valence-corrected chi connectivity index (χ3v) is 7.10. The molecule has 3 heterocycles. The zero-order valence-corrected chi connectivity index (χ0v) is 19.9. The van der Waals surface area contributed by atoms with Gasteiger partial charge in [0, 0.05) is 56.8 Å². The molecule has 3 aliphatic rings. The zero-order chi connectivity index (χ0) is 25.4. The van der Waals surface area contributed by atoms with E-state index in [9.17, 15) is 14.4 Å². The van der Waals surface area contributed by atoms with Crippen LogP contribution in [0, 0.1) is 12.4 Å². The Morgan fingerprint density at radius 3 is 2.61 bits per heavy atom. The minimum absolute atomic E-state index is 0.177. The molecule has 0 saturated carbocycles. The fourth-order valence-corrected chi connectivity index (χ4v) is 5.14. The van der Waals surface area contributed by atoms with Gasteiger partial charge in [-0.1, -0.05) is 12.1 Å². The summed E-state index contributed by atoms with van der Waals surface area (Å²) in [5, 5.41) is 2.28. The molecule has 10 heteroatoms. The number of amides is 3. The number of piperidine rings is 1. The SMILES string of the molecule is [C-]#[N+]c1ccc(CN2CCN(c3cc4c(cc3F)C(=O)N(C3CCC(=O)NC3=O)C4)CC2)c(OC)c1. The van der Waals surface area contributed by atoms with E-state index in [1.165, 1.54) is 11.0 Å². The number of anilines is 1. The highest BCUT2D eigenvalue weighted by Crippen LogP contribution is 2.33. The quantitative estimate of drug-likeness (QED) is 0.511. The summed E-state index contributed by atoms with van der Waals surface area (Å²) in [6.45, 7) is 10.7. The summed E-state index contributed by atoms with van der Waals surface area (Å²) in [6.07, 6.45) is 0.448. The van der Waals surface area contributed by atoms with Crippen LogP contribution in [0.1, 0.15) is 34.3 Å². The highest BCUT2D eigenvalue weighted by molar-refractivity contribution is 6.05. The number of rotatable bonds is 5. The van der Waals surface area contributed by atoms with E-state index < -0.39 is 17.8 Å². The largest absolute Gasteiger partial charge is 0.498 e. The van der Waals surface area contributed by atoms with Gasteiger partial charge < -0.3 is 14.5 Å². The van der Waals surface area contributed by atoms with Gasteiger partial charge in [0.1, 0.15) is 17.6 Å². The molecule has 0 bridgehead atoms. The summed E-state index contributed by atoms with van der Waals surface area (Å²) >= 11 is 0. The van der Waals surface area contributed by atoms with Gasteiger partial charge in [-0.05, 0) is 30.2 Å². The Kier molecular flexibility index (Phi) is 6.33.